The number of anilines is 2. The number of hydrogen-bond acceptors (Lipinski definition) is 8. The molecule has 0 unspecified atom stereocenters. The Morgan fingerprint density at radius 3 is 2.77 bits per heavy atom. The van der Waals surface area contributed by atoms with Crippen molar-refractivity contribution in [2.75, 3.05) is 29.4 Å². The second kappa shape index (κ2) is 8.71. The zero-order valence-electron chi connectivity index (χ0n) is 19.2. The predicted molar refractivity (Wildman–Crippen MR) is 132 cm³/mol. The normalized spacial score (nSPS) is 15.9. The number of hydrogen-bond donors (Lipinski definition) is 0. The predicted octanol–water partition coefficient (Wildman–Crippen LogP) is 5.04. The van der Waals surface area contributed by atoms with Crippen molar-refractivity contribution in [3.05, 3.63) is 58.2 Å². The van der Waals surface area contributed by atoms with Gasteiger partial charge in [0.05, 0.1) is 17.0 Å². The smallest absolute Gasteiger partial charge is 0.266 e. The summed E-state index contributed by atoms with van der Waals surface area (Å²) in [7, 11) is 0. The fourth-order valence-electron chi connectivity index (χ4n) is 4.94. The van der Waals surface area contributed by atoms with E-state index in [0.717, 1.165) is 28.4 Å². The van der Waals surface area contributed by atoms with Gasteiger partial charge in [-0.05, 0) is 56.0 Å². The highest BCUT2D eigenvalue weighted by molar-refractivity contribution is 7.09. The molecule has 0 bridgehead atoms. The molecule has 9 heteroatoms. The Kier molecular flexibility index (Phi) is 5.38. The molecule has 0 atom stereocenters. The molecular weight excluding hydrogens is 462 g/mol. The number of rotatable bonds is 4. The first-order chi connectivity index (χ1) is 17.1. The number of nitriles is 1. The number of fused-ring (bicyclic) bond motifs is 1. The maximum absolute atomic E-state index is 13.4. The first-order valence-corrected chi connectivity index (χ1v) is 12.5. The van der Waals surface area contributed by atoms with E-state index in [4.69, 9.17) is 8.83 Å². The van der Waals surface area contributed by atoms with Gasteiger partial charge in [0.25, 0.3) is 5.89 Å². The number of thiazole rings is 1. The Morgan fingerprint density at radius 2 is 2.06 bits per heavy atom. The van der Waals surface area contributed by atoms with Crippen LogP contribution in [0, 0.1) is 24.2 Å². The monoisotopic (exact) mass is 485 g/mol. The molecule has 1 aromatic carbocycles. The molecule has 3 aromatic heterocycles. The van der Waals surface area contributed by atoms with Crippen LogP contribution in [0.4, 0.5) is 11.6 Å². The quantitative estimate of drug-likeness (QED) is 0.399. The number of aryl methyl sites for hydroxylation is 1. The number of piperidine rings is 1. The maximum Gasteiger partial charge on any atom is 0.266 e. The Hall–Kier alpha value is -3.90. The molecule has 0 radical (unpaired) electrons. The molecule has 1 fully saturated rings. The lowest BCUT2D eigenvalue weighted by molar-refractivity contribution is -0.122. The highest BCUT2D eigenvalue weighted by Gasteiger charge is 2.34. The largest absolute Gasteiger partial charge is 0.459 e. The molecule has 2 aliphatic heterocycles. The van der Waals surface area contributed by atoms with Crippen LogP contribution in [-0.4, -0.2) is 35.5 Å². The van der Waals surface area contributed by atoms with E-state index < -0.39 is 0 Å². The van der Waals surface area contributed by atoms with Crippen molar-refractivity contribution in [1.82, 2.24) is 9.97 Å². The molecule has 176 valence electrons. The lowest BCUT2D eigenvalue weighted by Crippen LogP contribution is -2.42. The van der Waals surface area contributed by atoms with Crippen LogP contribution in [0.5, 0.6) is 0 Å². The average molecular weight is 486 g/mol. The minimum absolute atomic E-state index is 0.0592. The van der Waals surface area contributed by atoms with Gasteiger partial charge in [0.15, 0.2) is 5.76 Å². The molecular formula is C26H23N5O3S. The SMILES string of the molecule is Cc1nc(-c2ccc3c(c2)CCN3C(=O)C2CCN(c3oc(-c4ccco4)nc3C#N)CC2)cs1. The minimum atomic E-state index is -0.0592. The Balaban J connectivity index is 1.14. The number of carbonyl (C=O) groups is 1. The third-order valence-corrected chi connectivity index (χ3v) is 7.51. The zero-order chi connectivity index (χ0) is 23.9. The molecule has 1 saturated heterocycles. The van der Waals surface area contributed by atoms with Crippen molar-refractivity contribution in [3.8, 4) is 29.0 Å². The molecule has 0 aliphatic carbocycles. The molecule has 4 aromatic rings. The molecule has 0 N–H and O–H groups in total. The van der Waals surface area contributed by atoms with Gasteiger partial charge in [0.2, 0.25) is 17.5 Å². The Labute approximate surface area is 206 Å². The average Bonchev–Trinajstić information content (AvgIpc) is 3.69. The molecule has 0 saturated carbocycles. The Morgan fingerprint density at radius 1 is 1.20 bits per heavy atom. The molecule has 1 amide bonds. The summed E-state index contributed by atoms with van der Waals surface area (Å²) in [6.45, 7) is 3.97. The topological polar surface area (TPSA) is 99.4 Å². The minimum Gasteiger partial charge on any atom is -0.459 e. The van der Waals surface area contributed by atoms with Gasteiger partial charge in [0, 0.05) is 42.2 Å². The first-order valence-electron chi connectivity index (χ1n) is 11.7. The lowest BCUT2D eigenvalue weighted by Gasteiger charge is -2.33. The molecule has 5 heterocycles. The molecule has 2 aliphatic rings. The van der Waals surface area contributed by atoms with E-state index in [1.54, 1.807) is 29.7 Å². The van der Waals surface area contributed by atoms with Crippen LogP contribution in [0.3, 0.4) is 0 Å². The maximum atomic E-state index is 13.4. The molecule has 8 nitrogen and oxygen atoms in total. The summed E-state index contributed by atoms with van der Waals surface area (Å²) in [5, 5.41) is 12.7. The second-order valence-electron chi connectivity index (χ2n) is 8.86. The van der Waals surface area contributed by atoms with E-state index in [0.29, 0.717) is 50.0 Å². The summed E-state index contributed by atoms with van der Waals surface area (Å²) in [5.41, 5.74) is 4.54. The van der Waals surface area contributed by atoms with Gasteiger partial charge in [-0.2, -0.15) is 10.2 Å². The van der Waals surface area contributed by atoms with Gasteiger partial charge >= 0.3 is 0 Å². The summed E-state index contributed by atoms with van der Waals surface area (Å²) in [6.07, 6.45) is 3.79. The fourth-order valence-corrected chi connectivity index (χ4v) is 5.56. The van der Waals surface area contributed by atoms with Crippen molar-refractivity contribution in [2.45, 2.75) is 26.2 Å². The van der Waals surface area contributed by atoms with Crippen LogP contribution in [-0.2, 0) is 11.2 Å². The molecule has 35 heavy (non-hydrogen) atoms. The van der Waals surface area contributed by atoms with Crippen molar-refractivity contribution < 1.29 is 13.6 Å². The number of benzene rings is 1. The number of amides is 1. The first kappa shape index (κ1) is 21.6. The molecule has 0 spiro atoms. The van der Waals surface area contributed by atoms with E-state index in [1.165, 1.54) is 5.56 Å². The summed E-state index contributed by atoms with van der Waals surface area (Å²) in [6, 6.07) is 11.9. The van der Waals surface area contributed by atoms with Crippen LogP contribution < -0.4 is 9.80 Å². The van der Waals surface area contributed by atoms with E-state index >= 15 is 0 Å². The third-order valence-electron chi connectivity index (χ3n) is 6.73. The fraction of sp³-hybridized carbons (Fsp3) is 0.308. The third kappa shape index (κ3) is 3.90. The van der Waals surface area contributed by atoms with E-state index in [1.807, 2.05) is 16.7 Å². The van der Waals surface area contributed by atoms with Crippen molar-refractivity contribution in [1.29, 1.82) is 5.26 Å². The van der Waals surface area contributed by atoms with Crippen LogP contribution in [0.2, 0.25) is 0 Å². The number of nitrogens with zero attached hydrogens (tertiary/aromatic N) is 5. The second-order valence-corrected chi connectivity index (χ2v) is 9.92. The van der Waals surface area contributed by atoms with Gasteiger partial charge < -0.3 is 18.6 Å². The van der Waals surface area contributed by atoms with E-state index in [-0.39, 0.29) is 17.5 Å². The van der Waals surface area contributed by atoms with Crippen LogP contribution in [0.1, 0.15) is 29.1 Å². The zero-order valence-corrected chi connectivity index (χ0v) is 20.0. The van der Waals surface area contributed by atoms with Crippen molar-refractivity contribution in [2.24, 2.45) is 5.92 Å². The Bertz CT molecular complexity index is 1420. The van der Waals surface area contributed by atoms with Crippen LogP contribution in [0.15, 0.2) is 50.8 Å². The van der Waals surface area contributed by atoms with Crippen molar-refractivity contribution in [3.63, 3.8) is 0 Å². The summed E-state index contributed by atoms with van der Waals surface area (Å²) < 4.78 is 11.2. The lowest BCUT2D eigenvalue weighted by atomic mass is 9.95. The number of oxazole rings is 1. The van der Waals surface area contributed by atoms with Gasteiger partial charge in [0.1, 0.15) is 6.07 Å². The van der Waals surface area contributed by atoms with Crippen LogP contribution in [0.25, 0.3) is 22.9 Å². The molecule has 6 rings (SSSR count). The number of aromatic nitrogens is 2. The summed E-state index contributed by atoms with van der Waals surface area (Å²) >= 11 is 1.65. The van der Waals surface area contributed by atoms with Gasteiger partial charge in [-0.25, -0.2) is 4.98 Å². The van der Waals surface area contributed by atoms with Crippen molar-refractivity contribution >= 4 is 28.8 Å². The summed E-state index contributed by atoms with van der Waals surface area (Å²) in [5.74, 6) is 1.34. The number of carbonyl (C=O) groups excluding carboxylic acids is 1. The van der Waals surface area contributed by atoms with E-state index in [2.05, 4.69) is 39.6 Å². The highest BCUT2D eigenvalue weighted by atomic mass is 32.1. The summed E-state index contributed by atoms with van der Waals surface area (Å²) in [4.78, 5) is 26.3. The standard InChI is InChI=1S/C26H23N5O3S/c1-16-28-21(15-35-16)18-4-5-22-19(13-18)8-11-31(22)25(32)17-6-9-30(10-7-17)26-20(14-27)29-24(34-26)23-3-2-12-33-23/h2-5,12-13,15,17H,6-11H2,1H3. The van der Waals surface area contributed by atoms with E-state index in [9.17, 15) is 10.1 Å². The number of furan rings is 1. The highest BCUT2D eigenvalue weighted by Crippen LogP contribution is 2.36. The van der Waals surface area contributed by atoms with Gasteiger partial charge in [-0.15, -0.1) is 11.3 Å². The van der Waals surface area contributed by atoms with Gasteiger partial charge in [-0.3, -0.25) is 4.79 Å². The van der Waals surface area contributed by atoms with Gasteiger partial charge in [-0.1, -0.05) is 6.07 Å². The van der Waals surface area contributed by atoms with Crippen LogP contribution >= 0.6 is 11.3 Å².